The average molecular weight is 319 g/mol. The van der Waals surface area contributed by atoms with E-state index in [2.05, 4.69) is 15.3 Å². The quantitative estimate of drug-likeness (QED) is 0.814. The van der Waals surface area contributed by atoms with Gasteiger partial charge in [0, 0.05) is 32.4 Å². The van der Waals surface area contributed by atoms with Gasteiger partial charge >= 0.3 is 6.03 Å². The molecule has 0 aliphatic carbocycles. The van der Waals surface area contributed by atoms with Crippen LogP contribution in [0.3, 0.4) is 0 Å². The number of amides is 3. The Balaban J connectivity index is 1.54. The van der Waals surface area contributed by atoms with Crippen LogP contribution in [0.1, 0.15) is 32.3 Å². The lowest BCUT2D eigenvalue weighted by atomic mass is 9.98. The van der Waals surface area contributed by atoms with Crippen molar-refractivity contribution in [2.75, 3.05) is 19.6 Å². The van der Waals surface area contributed by atoms with Gasteiger partial charge in [0.25, 0.3) is 5.91 Å². The van der Waals surface area contributed by atoms with E-state index in [4.69, 9.17) is 0 Å². The minimum absolute atomic E-state index is 0.0627. The number of likely N-dealkylation sites (tertiary alicyclic amines) is 1. The Morgan fingerprint density at radius 3 is 2.78 bits per heavy atom. The number of carbonyl (C=O) groups is 2. The number of nitrogens with zero attached hydrogens (tertiary/aromatic N) is 4. The third-order valence-electron chi connectivity index (χ3n) is 4.76. The van der Waals surface area contributed by atoms with Gasteiger partial charge in [0.15, 0.2) is 0 Å². The molecule has 3 heterocycles. The predicted octanol–water partition coefficient (Wildman–Crippen LogP) is 0.757. The van der Waals surface area contributed by atoms with Crippen molar-refractivity contribution in [1.29, 1.82) is 0 Å². The van der Waals surface area contributed by atoms with E-state index < -0.39 is 5.54 Å². The third kappa shape index (κ3) is 2.97. The van der Waals surface area contributed by atoms with Gasteiger partial charge in [-0.1, -0.05) is 0 Å². The van der Waals surface area contributed by atoms with Crippen LogP contribution in [0.15, 0.2) is 12.4 Å². The zero-order chi connectivity index (χ0) is 16.6. The molecule has 2 fully saturated rings. The van der Waals surface area contributed by atoms with Crippen LogP contribution in [-0.4, -0.2) is 62.7 Å². The summed E-state index contributed by atoms with van der Waals surface area (Å²) in [5.41, 5.74) is 0.535. The molecule has 3 amide bonds. The summed E-state index contributed by atoms with van der Waals surface area (Å²) in [4.78, 5) is 28.3. The zero-order valence-corrected chi connectivity index (χ0v) is 14.1. The van der Waals surface area contributed by atoms with E-state index >= 15 is 0 Å². The molecule has 0 bridgehead atoms. The summed E-state index contributed by atoms with van der Waals surface area (Å²) in [6.45, 7) is 6.15. The molecule has 2 aliphatic rings. The van der Waals surface area contributed by atoms with Crippen LogP contribution in [0.25, 0.3) is 0 Å². The van der Waals surface area contributed by atoms with Crippen molar-refractivity contribution in [3.63, 3.8) is 0 Å². The Morgan fingerprint density at radius 1 is 1.39 bits per heavy atom. The number of aromatic nitrogens is 2. The summed E-state index contributed by atoms with van der Waals surface area (Å²) in [6, 6.07) is -0.344. The number of rotatable bonds is 5. The van der Waals surface area contributed by atoms with Crippen LogP contribution >= 0.6 is 0 Å². The highest BCUT2D eigenvalue weighted by Crippen LogP contribution is 2.29. The number of hydrogen-bond donors (Lipinski definition) is 1. The maximum Gasteiger partial charge on any atom is 0.325 e. The van der Waals surface area contributed by atoms with Gasteiger partial charge in [0.05, 0.1) is 6.20 Å². The van der Waals surface area contributed by atoms with Crippen molar-refractivity contribution in [1.82, 2.24) is 24.9 Å². The summed E-state index contributed by atoms with van der Waals surface area (Å²) in [5, 5.41) is 7.11. The molecule has 2 saturated heterocycles. The predicted molar refractivity (Wildman–Crippen MR) is 85.8 cm³/mol. The standard InChI is InChI=1S/C16H25N5O2/c1-12(2)21-14(22)16(18-15(21)23)6-8-20(11-16)7-4-5-13-9-17-19(3)10-13/h9-10,12H,4-8,11H2,1-3H3,(H,18,23)/t16-/m1/s1. The number of aryl methyl sites for hydroxylation is 2. The fourth-order valence-corrected chi connectivity index (χ4v) is 3.57. The molecule has 1 atom stereocenters. The number of imide groups is 1. The van der Waals surface area contributed by atoms with Crippen molar-refractivity contribution >= 4 is 11.9 Å². The number of hydrogen-bond acceptors (Lipinski definition) is 4. The molecule has 23 heavy (non-hydrogen) atoms. The summed E-state index contributed by atoms with van der Waals surface area (Å²) in [6.07, 6.45) is 6.64. The first-order chi connectivity index (χ1) is 10.9. The SMILES string of the molecule is CC(C)N1C(=O)N[C@@]2(CCN(CCCc3cnn(C)c3)C2)C1=O. The van der Waals surface area contributed by atoms with Crippen molar-refractivity contribution in [3.05, 3.63) is 18.0 Å². The molecular weight excluding hydrogens is 294 g/mol. The van der Waals surface area contributed by atoms with Crippen molar-refractivity contribution in [3.8, 4) is 0 Å². The highest BCUT2D eigenvalue weighted by atomic mass is 16.2. The van der Waals surface area contributed by atoms with Crippen molar-refractivity contribution in [2.24, 2.45) is 7.05 Å². The molecule has 2 aliphatic heterocycles. The minimum atomic E-state index is -0.699. The van der Waals surface area contributed by atoms with Gasteiger partial charge in [-0.15, -0.1) is 0 Å². The average Bonchev–Trinajstić information content (AvgIpc) is 3.12. The van der Waals surface area contributed by atoms with Gasteiger partial charge in [-0.05, 0) is 45.2 Å². The second-order valence-electron chi connectivity index (χ2n) is 6.93. The maximum atomic E-state index is 12.6. The maximum absolute atomic E-state index is 12.6. The van der Waals surface area contributed by atoms with E-state index in [1.54, 1.807) is 0 Å². The van der Waals surface area contributed by atoms with Gasteiger partial charge in [-0.25, -0.2) is 4.79 Å². The highest BCUT2D eigenvalue weighted by Gasteiger charge is 2.54. The highest BCUT2D eigenvalue weighted by molar-refractivity contribution is 6.07. The molecule has 0 unspecified atom stereocenters. The van der Waals surface area contributed by atoms with Crippen molar-refractivity contribution < 1.29 is 9.59 Å². The summed E-state index contributed by atoms with van der Waals surface area (Å²) in [7, 11) is 1.92. The van der Waals surface area contributed by atoms with E-state index in [1.807, 2.05) is 38.0 Å². The molecule has 7 heteroatoms. The van der Waals surface area contributed by atoms with Crippen LogP contribution in [0.4, 0.5) is 4.79 Å². The Labute approximate surface area is 136 Å². The normalized spacial score (nSPS) is 25.1. The molecule has 0 saturated carbocycles. The number of carbonyl (C=O) groups excluding carboxylic acids is 2. The van der Waals surface area contributed by atoms with E-state index in [1.165, 1.54) is 10.5 Å². The molecule has 3 rings (SSSR count). The molecule has 0 radical (unpaired) electrons. The number of nitrogens with one attached hydrogen (secondary N) is 1. The molecular formula is C16H25N5O2. The fourth-order valence-electron chi connectivity index (χ4n) is 3.57. The number of urea groups is 1. The lowest BCUT2D eigenvalue weighted by Gasteiger charge is -2.23. The van der Waals surface area contributed by atoms with Gasteiger partial charge in [-0.3, -0.25) is 14.4 Å². The largest absolute Gasteiger partial charge is 0.325 e. The first-order valence-electron chi connectivity index (χ1n) is 8.27. The first-order valence-corrected chi connectivity index (χ1v) is 8.27. The first kappa shape index (κ1) is 16.0. The molecule has 1 spiro atoms. The smallest absolute Gasteiger partial charge is 0.322 e. The van der Waals surface area contributed by atoms with Crippen LogP contribution in [0, 0.1) is 0 Å². The minimum Gasteiger partial charge on any atom is -0.322 e. The van der Waals surface area contributed by atoms with E-state index in [0.29, 0.717) is 13.0 Å². The van der Waals surface area contributed by atoms with Crippen molar-refractivity contribution in [2.45, 2.75) is 44.7 Å². The fraction of sp³-hybridized carbons (Fsp3) is 0.688. The molecule has 0 aromatic carbocycles. The van der Waals surface area contributed by atoms with E-state index in [-0.39, 0.29) is 18.0 Å². The Kier molecular flexibility index (Phi) is 4.14. The summed E-state index contributed by atoms with van der Waals surface area (Å²) < 4.78 is 1.81. The van der Waals surface area contributed by atoms with Gasteiger partial charge in [0.1, 0.15) is 5.54 Å². The Hall–Kier alpha value is -1.89. The third-order valence-corrected chi connectivity index (χ3v) is 4.76. The molecule has 1 aromatic heterocycles. The van der Waals surface area contributed by atoms with Gasteiger partial charge < -0.3 is 10.2 Å². The Bertz CT molecular complexity index is 611. The summed E-state index contributed by atoms with van der Waals surface area (Å²) in [5.74, 6) is -0.0627. The lowest BCUT2D eigenvalue weighted by molar-refractivity contribution is -0.132. The van der Waals surface area contributed by atoms with E-state index in [0.717, 1.165) is 25.9 Å². The van der Waals surface area contributed by atoms with Crippen LogP contribution in [0.2, 0.25) is 0 Å². The molecule has 1 N–H and O–H groups in total. The molecule has 1 aromatic rings. The van der Waals surface area contributed by atoms with Crippen LogP contribution < -0.4 is 5.32 Å². The monoisotopic (exact) mass is 319 g/mol. The lowest BCUT2D eigenvalue weighted by Crippen LogP contribution is -2.49. The van der Waals surface area contributed by atoms with E-state index in [9.17, 15) is 9.59 Å². The Morgan fingerprint density at radius 2 is 2.17 bits per heavy atom. The van der Waals surface area contributed by atoms with Crippen LogP contribution in [-0.2, 0) is 18.3 Å². The molecule has 7 nitrogen and oxygen atoms in total. The second kappa shape index (κ2) is 5.96. The topological polar surface area (TPSA) is 70.5 Å². The van der Waals surface area contributed by atoms with Crippen LogP contribution in [0.5, 0.6) is 0 Å². The zero-order valence-electron chi connectivity index (χ0n) is 14.1. The second-order valence-corrected chi connectivity index (χ2v) is 6.93. The summed E-state index contributed by atoms with van der Waals surface area (Å²) >= 11 is 0. The van der Waals surface area contributed by atoms with Gasteiger partial charge in [0.2, 0.25) is 0 Å². The van der Waals surface area contributed by atoms with Gasteiger partial charge in [-0.2, -0.15) is 5.10 Å². The molecule has 126 valence electrons.